The van der Waals surface area contributed by atoms with Gasteiger partial charge in [0.05, 0.1) is 11.1 Å². The number of hydrogen-bond donors (Lipinski definition) is 1. The standard InChI is InChI=1S/C26H22F3N3O4/c1-35-13-3-6-24(33)22-16-21(9-11-30-22)36-20-7-8-23-17(14-20)10-12-32(23)25(34)31-19-5-2-4-18(15-19)26(27,28)29/h2,4-5,7-12,14-16H,3,6,13H2,1H3,(H,31,34). The largest absolute Gasteiger partial charge is 0.457 e. The minimum absolute atomic E-state index is 0.0295. The van der Waals surface area contributed by atoms with Gasteiger partial charge in [0.15, 0.2) is 5.78 Å². The molecular weight excluding hydrogens is 475 g/mol. The first-order chi connectivity index (χ1) is 17.2. The van der Waals surface area contributed by atoms with Crippen LogP contribution in [0.1, 0.15) is 28.9 Å². The molecule has 36 heavy (non-hydrogen) atoms. The summed E-state index contributed by atoms with van der Waals surface area (Å²) in [5.41, 5.74) is 0.00921. The van der Waals surface area contributed by atoms with E-state index >= 15 is 0 Å². The molecule has 0 aliphatic rings. The van der Waals surface area contributed by atoms with Gasteiger partial charge in [-0.1, -0.05) is 6.07 Å². The number of nitrogens with zero attached hydrogens (tertiary/aromatic N) is 2. The zero-order valence-corrected chi connectivity index (χ0v) is 19.2. The van der Waals surface area contributed by atoms with Crippen molar-refractivity contribution in [3.8, 4) is 11.5 Å². The monoisotopic (exact) mass is 497 g/mol. The first kappa shape index (κ1) is 24.9. The number of benzene rings is 2. The Bertz CT molecular complexity index is 1400. The molecular formula is C26H22F3N3O4. The summed E-state index contributed by atoms with van der Waals surface area (Å²) in [7, 11) is 1.57. The number of amides is 1. The van der Waals surface area contributed by atoms with Gasteiger partial charge in [-0.25, -0.2) is 4.79 Å². The van der Waals surface area contributed by atoms with E-state index in [0.29, 0.717) is 47.5 Å². The molecule has 0 spiro atoms. The highest BCUT2D eigenvalue weighted by Crippen LogP contribution is 2.31. The van der Waals surface area contributed by atoms with Gasteiger partial charge in [0.2, 0.25) is 0 Å². The predicted octanol–water partition coefficient (Wildman–Crippen LogP) is 6.54. The van der Waals surface area contributed by atoms with Gasteiger partial charge in [-0.05, 0) is 55.0 Å². The number of rotatable bonds is 8. The van der Waals surface area contributed by atoms with Gasteiger partial charge in [0.25, 0.3) is 0 Å². The highest BCUT2D eigenvalue weighted by molar-refractivity contribution is 5.99. The van der Waals surface area contributed by atoms with E-state index in [1.807, 2.05) is 0 Å². The number of ether oxygens (including phenoxy) is 2. The van der Waals surface area contributed by atoms with Crippen LogP contribution in [0.25, 0.3) is 10.9 Å². The molecule has 0 radical (unpaired) electrons. The van der Waals surface area contributed by atoms with Gasteiger partial charge >= 0.3 is 12.2 Å². The molecule has 186 valence electrons. The van der Waals surface area contributed by atoms with E-state index in [1.54, 1.807) is 43.5 Å². The molecule has 0 atom stereocenters. The second-order valence-electron chi connectivity index (χ2n) is 7.91. The zero-order chi connectivity index (χ0) is 25.7. The summed E-state index contributed by atoms with van der Waals surface area (Å²) in [6, 6.07) is 13.7. The number of hydrogen-bond acceptors (Lipinski definition) is 5. The summed E-state index contributed by atoms with van der Waals surface area (Å²) in [4.78, 5) is 29.1. The van der Waals surface area contributed by atoms with Gasteiger partial charge in [-0.15, -0.1) is 0 Å². The Morgan fingerprint density at radius 1 is 1.03 bits per heavy atom. The van der Waals surface area contributed by atoms with Gasteiger partial charge in [-0.3, -0.25) is 14.3 Å². The molecule has 7 nitrogen and oxygen atoms in total. The molecule has 0 aliphatic heterocycles. The third-order valence-corrected chi connectivity index (χ3v) is 5.33. The molecule has 10 heteroatoms. The van der Waals surface area contributed by atoms with E-state index in [1.165, 1.54) is 29.1 Å². The maximum atomic E-state index is 13.0. The lowest BCUT2D eigenvalue weighted by Crippen LogP contribution is -2.18. The molecule has 4 rings (SSSR count). The van der Waals surface area contributed by atoms with E-state index in [9.17, 15) is 22.8 Å². The fraction of sp³-hybridized carbons (Fsp3) is 0.192. The molecule has 4 aromatic rings. The molecule has 1 amide bonds. The third kappa shape index (κ3) is 5.89. The SMILES string of the molecule is COCCCC(=O)c1cc(Oc2ccc3c(ccn3C(=O)Nc3cccc(C(F)(F)F)c3)c2)ccn1. The topological polar surface area (TPSA) is 82.5 Å². The van der Waals surface area contributed by atoms with Crippen molar-refractivity contribution in [3.63, 3.8) is 0 Å². The van der Waals surface area contributed by atoms with Crippen molar-refractivity contribution in [3.05, 3.63) is 84.3 Å². The molecule has 1 N–H and O–H groups in total. The lowest BCUT2D eigenvalue weighted by Gasteiger charge is -2.11. The van der Waals surface area contributed by atoms with Gasteiger partial charge < -0.3 is 14.8 Å². The minimum Gasteiger partial charge on any atom is -0.457 e. The van der Waals surface area contributed by atoms with Crippen molar-refractivity contribution in [2.75, 3.05) is 19.0 Å². The smallest absolute Gasteiger partial charge is 0.416 e. The molecule has 0 aliphatic carbocycles. The predicted molar refractivity (Wildman–Crippen MR) is 128 cm³/mol. The van der Waals surface area contributed by atoms with Crippen molar-refractivity contribution >= 4 is 28.4 Å². The second kappa shape index (κ2) is 10.6. The van der Waals surface area contributed by atoms with Crippen LogP contribution in [0.4, 0.5) is 23.7 Å². The van der Waals surface area contributed by atoms with E-state index in [0.717, 1.165) is 12.1 Å². The molecule has 0 saturated carbocycles. The quantitative estimate of drug-likeness (QED) is 0.221. The highest BCUT2D eigenvalue weighted by Gasteiger charge is 2.30. The van der Waals surface area contributed by atoms with Gasteiger partial charge in [0, 0.05) is 49.7 Å². The number of carbonyl (C=O) groups is 2. The number of fused-ring (bicyclic) bond motifs is 1. The second-order valence-corrected chi connectivity index (χ2v) is 7.91. The number of ketones is 1. The van der Waals surface area contributed by atoms with Crippen LogP contribution >= 0.6 is 0 Å². The lowest BCUT2D eigenvalue weighted by atomic mass is 10.1. The van der Waals surface area contributed by atoms with Crippen LogP contribution in [0.15, 0.2) is 73.1 Å². The third-order valence-electron chi connectivity index (χ3n) is 5.33. The molecule has 0 bridgehead atoms. The number of carbonyl (C=O) groups excluding carboxylic acids is 2. The van der Waals surface area contributed by atoms with E-state index in [-0.39, 0.29) is 11.5 Å². The Hall–Kier alpha value is -4.18. The van der Waals surface area contributed by atoms with Crippen molar-refractivity contribution in [2.45, 2.75) is 19.0 Å². The molecule has 0 unspecified atom stereocenters. The first-order valence-electron chi connectivity index (χ1n) is 11.0. The van der Waals surface area contributed by atoms with Crippen LogP contribution in [0.2, 0.25) is 0 Å². The maximum absolute atomic E-state index is 13.0. The first-order valence-corrected chi connectivity index (χ1v) is 11.0. The van der Waals surface area contributed by atoms with Crippen LogP contribution < -0.4 is 10.1 Å². The van der Waals surface area contributed by atoms with Crippen LogP contribution in [0.3, 0.4) is 0 Å². The van der Waals surface area contributed by atoms with Gasteiger partial charge in [0.1, 0.15) is 17.2 Å². The number of halogens is 3. The van der Waals surface area contributed by atoms with Crippen molar-refractivity contribution in [1.29, 1.82) is 0 Å². The van der Waals surface area contributed by atoms with E-state index in [2.05, 4.69) is 10.3 Å². The Kier molecular flexibility index (Phi) is 7.35. The summed E-state index contributed by atoms with van der Waals surface area (Å²) in [5, 5.41) is 3.16. The number of alkyl halides is 3. The number of nitrogens with one attached hydrogen (secondary N) is 1. The normalized spacial score (nSPS) is 11.4. The average Bonchev–Trinajstić information content (AvgIpc) is 3.27. The Morgan fingerprint density at radius 3 is 2.61 bits per heavy atom. The Morgan fingerprint density at radius 2 is 1.83 bits per heavy atom. The van der Waals surface area contributed by atoms with Crippen LogP contribution in [-0.2, 0) is 10.9 Å². The van der Waals surface area contributed by atoms with E-state index in [4.69, 9.17) is 9.47 Å². The number of anilines is 1. The van der Waals surface area contributed by atoms with E-state index < -0.39 is 17.8 Å². The summed E-state index contributed by atoms with van der Waals surface area (Å²) in [6.45, 7) is 0.486. The maximum Gasteiger partial charge on any atom is 0.416 e. The number of pyridine rings is 1. The summed E-state index contributed by atoms with van der Waals surface area (Å²) < 4.78 is 51.0. The van der Waals surface area contributed by atoms with Crippen LogP contribution in [-0.4, -0.2) is 35.1 Å². The average molecular weight is 497 g/mol. The molecule has 0 saturated heterocycles. The van der Waals surface area contributed by atoms with Crippen molar-refractivity contribution < 1.29 is 32.2 Å². The minimum atomic E-state index is -4.51. The zero-order valence-electron chi connectivity index (χ0n) is 19.2. The van der Waals surface area contributed by atoms with Crippen LogP contribution in [0, 0.1) is 0 Å². The molecule has 2 aromatic carbocycles. The summed E-state index contributed by atoms with van der Waals surface area (Å²) in [6.07, 6.45) is -0.597. The fourth-order valence-electron chi connectivity index (χ4n) is 3.59. The van der Waals surface area contributed by atoms with Gasteiger partial charge in [-0.2, -0.15) is 13.2 Å². The molecule has 2 aromatic heterocycles. The summed E-state index contributed by atoms with van der Waals surface area (Å²) in [5.74, 6) is 0.792. The van der Waals surface area contributed by atoms with Crippen molar-refractivity contribution in [2.24, 2.45) is 0 Å². The molecule has 2 heterocycles. The fourth-order valence-corrected chi connectivity index (χ4v) is 3.59. The van der Waals surface area contributed by atoms with Crippen molar-refractivity contribution in [1.82, 2.24) is 9.55 Å². The van der Waals surface area contributed by atoms with Crippen LogP contribution in [0.5, 0.6) is 11.5 Å². The highest BCUT2D eigenvalue weighted by atomic mass is 19.4. The Labute approximate surface area is 204 Å². The number of methoxy groups -OCH3 is 1. The lowest BCUT2D eigenvalue weighted by molar-refractivity contribution is -0.137. The number of aromatic nitrogens is 2. The number of Topliss-reactive ketones (excluding diaryl/α,β-unsaturated/α-hetero) is 1. The molecule has 0 fully saturated rings. The Balaban J connectivity index is 1.48. The summed E-state index contributed by atoms with van der Waals surface area (Å²) >= 11 is 0.